The molecule has 16 heavy (non-hydrogen) atoms. The summed E-state index contributed by atoms with van der Waals surface area (Å²) in [6.07, 6.45) is -4.53. The van der Waals surface area contributed by atoms with E-state index < -0.39 is 23.1 Å². The van der Waals surface area contributed by atoms with E-state index in [-0.39, 0.29) is 16.3 Å². The molecule has 0 bridgehead atoms. The molecule has 0 heterocycles. The van der Waals surface area contributed by atoms with Crippen molar-refractivity contribution in [2.24, 2.45) is 0 Å². The number of aldehydes is 1. The number of rotatable bonds is 2. The second-order valence-electron chi connectivity index (χ2n) is 3.09. The predicted molar refractivity (Wildman–Crippen MR) is 54.5 cm³/mol. The molecule has 1 aromatic rings. The molecule has 0 radical (unpaired) electrons. The number of alkyl halides is 3. The van der Waals surface area contributed by atoms with Gasteiger partial charge < -0.3 is 0 Å². The topological polar surface area (TPSA) is 34.1 Å². The number of carbonyl (C=O) groups excluding carboxylic acids is 2. The molecule has 86 valence electrons. The van der Waals surface area contributed by atoms with Crippen LogP contribution < -0.4 is 0 Å². The van der Waals surface area contributed by atoms with Gasteiger partial charge in [-0.3, -0.25) is 9.59 Å². The average Bonchev–Trinajstić information content (AvgIpc) is 2.15. The second-order valence-corrected chi connectivity index (χ2v) is 3.95. The molecule has 6 heteroatoms. The summed E-state index contributed by atoms with van der Waals surface area (Å²) in [6, 6.07) is 1.67. The Morgan fingerprint density at radius 1 is 1.38 bits per heavy atom. The minimum Gasteiger partial charge on any atom is -0.298 e. The van der Waals surface area contributed by atoms with E-state index >= 15 is 0 Å². The van der Waals surface area contributed by atoms with Crippen molar-refractivity contribution in [1.29, 1.82) is 0 Å². The Bertz CT molecular complexity index is 452. The number of halogens is 4. The quantitative estimate of drug-likeness (QED) is 0.618. The van der Waals surface area contributed by atoms with Gasteiger partial charge in [-0.25, -0.2) is 0 Å². The Morgan fingerprint density at radius 3 is 2.31 bits per heavy atom. The van der Waals surface area contributed by atoms with E-state index in [9.17, 15) is 22.8 Å². The zero-order valence-corrected chi connectivity index (χ0v) is 9.65. The van der Waals surface area contributed by atoms with Gasteiger partial charge in [0.05, 0.1) is 5.56 Å². The van der Waals surface area contributed by atoms with Crippen LogP contribution in [0.4, 0.5) is 13.2 Å². The summed E-state index contributed by atoms with van der Waals surface area (Å²) in [5.41, 5.74) is -1.55. The standard InChI is InChI=1S/C10H6BrF3O2/c1-5(16)7-2-6(4-15)8(3-9(7)11)10(12,13)14/h2-4H,1H3. The van der Waals surface area contributed by atoms with Crippen LogP contribution in [0, 0.1) is 0 Å². The van der Waals surface area contributed by atoms with E-state index in [1.54, 1.807) is 0 Å². The highest BCUT2D eigenvalue weighted by molar-refractivity contribution is 9.10. The van der Waals surface area contributed by atoms with Crippen molar-refractivity contribution in [3.8, 4) is 0 Å². The Labute approximate surface area is 97.6 Å². The van der Waals surface area contributed by atoms with Crippen molar-refractivity contribution in [3.05, 3.63) is 33.3 Å². The molecule has 0 aromatic heterocycles. The maximum Gasteiger partial charge on any atom is 0.417 e. The van der Waals surface area contributed by atoms with Crippen molar-refractivity contribution < 1.29 is 22.8 Å². The van der Waals surface area contributed by atoms with Crippen molar-refractivity contribution in [2.45, 2.75) is 13.1 Å². The van der Waals surface area contributed by atoms with Crippen molar-refractivity contribution in [3.63, 3.8) is 0 Å². The van der Waals surface area contributed by atoms with E-state index in [0.717, 1.165) is 12.1 Å². The van der Waals surface area contributed by atoms with Crippen molar-refractivity contribution in [1.82, 2.24) is 0 Å². The van der Waals surface area contributed by atoms with E-state index in [4.69, 9.17) is 0 Å². The van der Waals surface area contributed by atoms with Crippen LogP contribution >= 0.6 is 15.9 Å². The number of hydrogen-bond acceptors (Lipinski definition) is 2. The summed E-state index contributed by atoms with van der Waals surface area (Å²) in [6.45, 7) is 1.21. The van der Waals surface area contributed by atoms with Gasteiger partial charge in [0.15, 0.2) is 12.1 Å². The highest BCUT2D eigenvalue weighted by Crippen LogP contribution is 2.34. The average molecular weight is 295 g/mol. The molecule has 2 nitrogen and oxygen atoms in total. The van der Waals surface area contributed by atoms with Crippen LogP contribution in [-0.4, -0.2) is 12.1 Å². The fraction of sp³-hybridized carbons (Fsp3) is 0.200. The molecule has 1 aromatic carbocycles. The summed E-state index contributed by atoms with van der Waals surface area (Å²) >= 11 is 2.87. The lowest BCUT2D eigenvalue weighted by molar-refractivity contribution is -0.137. The van der Waals surface area contributed by atoms with Gasteiger partial charge in [-0.1, -0.05) is 15.9 Å². The summed E-state index contributed by atoms with van der Waals surface area (Å²) in [4.78, 5) is 21.6. The zero-order chi connectivity index (χ0) is 12.5. The van der Waals surface area contributed by atoms with Crippen LogP contribution in [0.5, 0.6) is 0 Å². The molecule has 0 aliphatic heterocycles. The third-order valence-corrected chi connectivity index (χ3v) is 2.61. The molecule has 1 rings (SSSR count). The van der Waals surface area contributed by atoms with E-state index in [2.05, 4.69) is 15.9 Å². The summed E-state index contributed by atoms with van der Waals surface area (Å²) < 4.78 is 37.5. The first-order valence-electron chi connectivity index (χ1n) is 4.14. The molecule has 0 atom stereocenters. The molecule has 0 fully saturated rings. The molecule has 0 saturated carbocycles. The maximum atomic E-state index is 12.5. The number of carbonyl (C=O) groups is 2. The number of Topliss-reactive ketones (excluding diaryl/α,β-unsaturated/α-hetero) is 1. The van der Waals surface area contributed by atoms with Gasteiger partial charge in [0.25, 0.3) is 0 Å². The van der Waals surface area contributed by atoms with Crippen LogP contribution in [-0.2, 0) is 6.18 Å². The molecular weight excluding hydrogens is 289 g/mol. The summed E-state index contributed by atoms with van der Waals surface area (Å²) in [7, 11) is 0. The van der Waals surface area contributed by atoms with Crippen LogP contribution in [0.1, 0.15) is 33.2 Å². The monoisotopic (exact) mass is 294 g/mol. The smallest absolute Gasteiger partial charge is 0.298 e. The normalized spacial score (nSPS) is 11.3. The lowest BCUT2D eigenvalue weighted by atomic mass is 10.0. The minimum absolute atomic E-state index is 0.0259. The van der Waals surface area contributed by atoms with Crippen molar-refractivity contribution in [2.75, 3.05) is 0 Å². The molecule has 0 amide bonds. The number of ketones is 1. The number of hydrogen-bond donors (Lipinski definition) is 0. The van der Waals surface area contributed by atoms with Crippen LogP contribution in [0.3, 0.4) is 0 Å². The Kier molecular flexibility index (Phi) is 3.52. The van der Waals surface area contributed by atoms with Gasteiger partial charge in [-0.05, 0) is 19.1 Å². The van der Waals surface area contributed by atoms with Gasteiger partial charge >= 0.3 is 6.18 Å². The van der Waals surface area contributed by atoms with Gasteiger partial charge in [-0.15, -0.1) is 0 Å². The molecule has 0 unspecified atom stereocenters. The first kappa shape index (κ1) is 12.9. The minimum atomic E-state index is -4.62. The van der Waals surface area contributed by atoms with Crippen molar-refractivity contribution >= 4 is 28.0 Å². The first-order chi connectivity index (χ1) is 7.27. The third-order valence-electron chi connectivity index (χ3n) is 1.95. The zero-order valence-electron chi connectivity index (χ0n) is 8.06. The van der Waals surface area contributed by atoms with E-state index in [1.165, 1.54) is 6.92 Å². The highest BCUT2D eigenvalue weighted by atomic mass is 79.9. The van der Waals surface area contributed by atoms with E-state index in [1.807, 2.05) is 0 Å². The summed E-state index contributed by atoms with van der Waals surface area (Å²) in [5, 5.41) is 0. The largest absolute Gasteiger partial charge is 0.417 e. The Morgan fingerprint density at radius 2 is 1.94 bits per heavy atom. The first-order valence-corrected chi connectivity index (χ1v) is 4.93. The van der Waals surface area contributed by atoms with Gasteiger partial charge in [0.2, 0.25) is 0 Å². The van der Waals surface area contributed by atoms with Crippen LogP contribution in [0.2, 0.25) is 0 Å². The molecule has 0 N–H and O–H groups in total. The fourth-order valence-electron chi connectivity index (χ4n) is 1.20. The Balaban J connectivity index is 3.50. The summed E-state index contributed by atoms with van der Waals surface area (Å²) in [5.74, 6) is -0.413. The predicted octanol–water partition coefficient (Wildman–Crippen LogP) is 3.48. The maximum absolute atomic E-state index is 12.5. The van der Waals surface area contributed by atoms with Crippen LogP contribution in [0.25, 0.3) is 0 Å². The second kappa shape index (κ2) is 4.37. The lowest BCUT2D eigenvalue weighted by Crippen LogP contribution is -2.10. The van der Waals surface area contributed by atoms with E-state index in [0.29, 0.717) is 0 Å². The van der Waals surface area contributed by atoms with Gasteiger partial charge in [-0.2, -0.15) is 13.2 Å². The van der Waals surface area contributed by atoms with Crippen LogP contribution in [0.15, 0.2) is 16.6 Å². The lowest BCUT2D eigenvalue weighted by Gasteiger charge is -2.11. The molecular formula is C10H6BrF3O2. The molecule has 0 spiro atoms. The highest BCUT2D eigenvalue weighted by Gasteiger charge is 2.34. The third kappa shape index (κ3) is 2.49. The Hall–Kier alpha value is -1.17. The van der Waals surface area contributed by atoms with Gasteiger partial charge in [0, 0.05) is 15.6 Å². The molecule has 0 aliphatic rings. The number of benzene rings is 1. The molecule has 0 saturated heterocycles. The van der Waals surface area contributed by atoms with Gasteiger partial charge in [0.1, 0.15) is 0 Å². The fourth-order valence-corrected chi connectivity index (χ4v) is 1.83. The SMILES string of the molecule is CC(=O)c1cc(C=O)c(C(F)(F)F)cc1Br. The molecule has 0 aliphatic carbocycles.